The van der Waals surface area contributed by atoms with Crippen molar-refractivity contribution in [1.82, 2.24) is 4.90 Å². The molecule has 3 rings (SSSR count). The van der Waals surface area contributed by atoms with Crippen molar-refractivity contribution >= 4 is 29.1 Å². The molecule has 0 unspecified atom stereocenters. The Bertz CT molecular complexity index is 804. The van der Waals surface area contributed by atoms with Crippen molar-refractivity contribution in [3.05, 3.63) is 45.3 Å². The highest BCUT2D eigenvalue weighted by atomic mass is 35.5. The van der Waals surface area contributed by atoms with Crippen LogP contribution in [0.1, 0.15) is 5.56 Å². The highest BCUT2D eigenvalue weighted by molar-refractivity contribution is 7.99. The van der Waals surface area contributed by atoms with Gasteiger partial charge in [-0.3, -0.25) is 0 Å². The lowest BCUT2D eigenvalue weighted by Crippen LogP contribution is -2.30. The highest BCUT2D eigenvalue weighted by Crippen LogP contribution is 2.42. The molecule has 4 nitrogen and oxygen atoms in total. The van der Waals surface area contributed by atoms with Gasteiger partial charge in [-0.2, -0.15) is 0 Å². The van der Waals surface area contributed by atoms with Gasteiger partial charge in [-0.25, -0.2) is 4.79 Å². The number of halogens is 1. The Kier molecular flexibility index (Phi) is 5.23. The van der Waals surface area contributed by atoms with E-state index in [9.17, 15) is 4.79 Å². The zero-order chi connectivity index (χ0) is 17.3. The van der Waals surface area contributed by atoms with Gasteiger partial charge in [0.2, 0.25) is 0 Å². The molecule has 128 valence electrons. The molecule has 0 radical (unpaired) electrons. The van der Waals surface area contributed by atoms with Crippen LogP contribution in [0.5, 0.6) is 0 Å². The van der Waals surface area contributed by atoms with E-state index >= 15 is 0 Å². The van der Waals surface area contributed by atoms with Crippen molar-refractivity contribution in [3.8, 4) is 11.3 Å². The van der Waals surface area contributed by atoms with Gasteiger partial charge in [-0.1, -0.05) is 29.8 Å². The summed E-state index contributed by atoms with van der Waals surface area (Å²) in [7, 11) is 6.04. The fourth-order valence-corrected chi connectivity index (χ4v) is 4.20. The Morgan fingerprint density at radius 1 is 1.21 bits per heavy atom. The van der Waals surface area contributed by atoms with Crippen molar-refractivity contribution < 1.29 is 4.42 Å². The van der Waals surface area contributed by atoms with E-state index in [1.165, 1.54) is 0 Å². The minimum atomic E-state index is -0.469. The summed E-state index contributed by atoms with van der Waals surface area (Å²) < 4.78 is 5.62. The molecule has 0 fully saturated rings. The van der Waals surface area contributed by atoms with Gasteiger partial charge in [0.25, 0.3) is 0 Å². The smallest absolute Gasteiger partial charge is 0.357 e. The second-order valence-corrected chi connectivity index (χ2v) is 7.69. The van der Waals surface area contributed by atoms with Crippen LogP contribution >= 0.6 is 23.4 Å². The van der Waals surface area contributed by atoms with E-state index < -0.39 is 5.63 Å². The third-order valence-electron chi connectivity index (χ3n) is 4.15. The van der Waals surface area contributed by atoms with Crippen LogP contribution < -0.4 is 10.5 Å². The van der Waals surface area contributed by atoms with Crippen LogP contribution in [0.4, 0.5) is 5.69 Å². The van der Waals surface area contributed by atoms with Crippen LogP contribution in [0.15, 0.2) is 38.4 Å². The fourth-order valence-electron chi connectivity index (χ4n) is 2.89. The molecule has 24 heavy (non-hydrogen) atoms. The number of fused-ring (bicyclic) bond motifs is 3. The first-order valence-corrected chi connectivity index (χ1v) is 9.29. The maximum atomic E-state index is 12.3. The monoisotopic (exact) mass is 364 g/mol. The summed E-state index contributed by atoms with van der Waals surface area (Å²) in [6.07, 6.45) is 0.819. The van der Waals surface area contributed by atoms with E-state index in [0.717, 1.165) is 47.0 Å². The number of nitrogens with zero attached hydrogens (tertiary/aromatic N) is 2. The lowest BCUT2D eigenvalue weighted by atomic mass is 10.0. The van der Waals surface area contributed by atoms with E-state index in [1.807, 2.05) is 39.3 Å². The summed E-state index contributed by atoms with van der Waals surface area (Å²) in [6, 6.07) is 8.06. The zero-order valence-electron chi connectivity index (χ0n) is 14.1. The molecule has 2 aromatic rings. The van der Waals surface area contributed by atoms with Crippen LogP contribution in [0, 0.1) is 0 Å². The quantitative estimate of drug-likeness (QED) is 0.828. The third kappa shape index (κ3) is 3.34. The number of hydrogen-bond donors (Lipinski definition) is 0. The van der Waals surface area contributed by atoms with E-state index in [4.69, 9.17) is 16.0 Å². The van der Waals surface area contributed by atoms with E-state index in [1.54, 1.807) is 11.8 Å². The van der Waals surface area contributed by atoms with Gasteiger partial charge in [-0.05, 0) is 26.6 Å². The third-order valence-corrected chi connectivity index (χ3v) is 5.56. The predicted octanol–water partition coefficient (Wildman–Crippen LogP) is 3.61. The van der Waals surface area contributed by atoms with Crippen molar-refractivity contribution in [2.24, 2.45) is 0 Å². The number of thioether (sulfide) groups is 1. The average Bonchev–Trinajstić information content (AvgIpc) is 2.73. The van der Waals surface area contributed by atoms with Crippen molar-refractivity contribution in [1.29, 1.82) is 0 Å². The van der Waals surface area contributed by atoms with Gasteiger partial charge in [0, 0.05) is 41.9 Å². The molecule has 2 heterocycles. The first-order valence-electron chi connectivity index (χ1n) is 7.92. The lowest BCUT2D eigenvalue weighted by Gasteiger charge is -2.25. The second kappa shape index (κ2) is 7.21. The Morgan fingerprint density at radius 2 is 1.96 bits per heavy atom. The van der Waals surface area contributed by atoms with Gasteiger partial charge in [0.1, 0.15) is 10.8 Å². The number of rotatable bonds is 4. The molecular weight excluding hydrogens is 344 g/mol. The molecule has 1 aliphatic rings. The summed E-state index contributed by atoms with van der Waals surface area (Å²) in [5, 5.41) is 0.180. The van der Waals surface area contributed by atoms with Gasteiger partial charge >= 0.3 is 5.63 Å². The summed E-state index contributed by atoms with van der Waals surface area (Å²) >= 11 is 8.14. The topological polar surface area (TPSA) is 36.7 Å². The molecular formula is C18H21ClN2O2S. The molecule has 0 N–H and O–H groups in total. The normalized spacial score (nSPS) is 13.4. The van der Waals surface area contributed by atoms with E-state index in [2.05, 4.69) is 15.9 Å². The molecule has 0 aliphatic carbocycles. The van der Waals surface area contributed by atoms with E-state index in [-0.39, 0.29) is 5.02 Å². The summed E-state index contributed by atoms with van der Waals surface area (Å²) in [6.45, 7) is 1.67. The van der Waals surface area contributed by atoms with Gasteiger partial charge in [-0.15, -0.1) is 11.8 Å². The summed E-state index contributed by atoms with van der Waals surface area (Å²) in [5.74, 6) is 1.60. The van der Waals surface area contributed by atoms with E-state index in [0.29, 0.717) is 5.76 Å². The molecule has 0 bridgehead atoms. The second-order valence-electron chi connectivity index (χ2n) is 6.18. The molecule has 6 heteroatoms. The Balaban J connectivity index is 2.15. The minimum Gasteiger partial charge on any atom is -0.421 e. The number of hydrogen-bond acceptors (Lipinski definition) is 5. The highest BCUT2D eigenvalue weighted by Gasteiger charge is 2.25. The maximum Gasteiger partial charge on any atom is 0.357 e. The van der Waals surface area contributed by atoms with Crippen LogP contribution in [-0.4, -0.2) is 44.9 Å². The molecule has 0 saturated heterocycles. The van der Waals surface area contributed by atoms with Crippen LogP contribution in [0.25, 0.3) is 11.3 Å². The predicted molar refractivity (Wildman–Crippen MR) is 102 cm³/mol. The fraction of sp³-hybridized carbons (Fsp3) is 0.389. The largest absolute Gasteiger partial charge is 0.421 e. The van der Waals surface area contributed by atoms with Crippen LogP contribution in [-0.2, 0) is 6.42 Å². The Hall–Kier alpha value is -1.43. The number of likely N-dealkylation sites (N-methyl/N-ethyl adjacent to an activating group) is 2. The summed E-state index contributed by atoms with van der Waals surface area (Å²) in [4.78, 5) is 17.7. The number of anilines is 1. The Labute approximate surface area is 151 Å². The molecule has 1 aromatic heterocycles. The van der Waals surface area contributed by atoms with Gasteiger partial charge in [0.05, 0.1) is 5.69 Å². The molecule has 0 saturated carbocycles. The maximum absolute atomic E-state index is 12.3. The first kappa shape index (κ1) is 17.4. The molecule has 0 atom stereocenters. The SMILES string of the molecule is CN(C)CCN(C)c1c2c(oc(=O)c1Cl)-c1ccccc1SCC2. The van der Waals surface area contributed by atoms with Gasteiger partial charge < -0.3 is 14.2 Å². The van der Waals surface area contributed by atoms with Crippen molar-refractivity contribution in [2.75, 3.05) is 44.9 Å². The lowest BCUT2D eigenvalue weighted by molar-refractivity contribution is 0.416. The van der Waals surface area contributed by atoms with Crippen LogP contribution in [0.3, 0.4) is 0 Å². The van der Waals surface area contributed by atoms with Crippen molar-refractivity contribution in [2.45, 2.75) is 11.3 Å². The molecule has 1 aromatic carbocycles. The molecule has 0 amide bonds. The Morgan fingerprint density at radius 3 is 2.71 bits per heavy atom. The zero-order valence-corrected chi connectivity index (χ0v) is 15.7. The van der Waals surface area contributed by atoms with Gasteiger partial charge in [0.15, 0.2) is 0 Å². The molecule has 0 spiro atoms. The first-order chi connectivity index (χ1) is 11.5. The molecule has 1 aliphatic heterocycles. The van der Waals surface area contributed by atoms with Crippen molar-refractivity contribution in [3.63, 3.8) is 0 Å². The summed E-state index contributed by atoms with van der Waals surface area (Å²) in [5.41, 5.74) is 2.34. The average molecular weight is 365 g/mol. The number of benzene rings is 1. The minimum absolute atomic E-state index is 0.180. The standard InChI is InChI=1S/C18H21ClN2O2S/c1-20(2)9-10-21(3)16-13-8-11-24-14-7-5-4-6-12(14)17(13)23-18(22)15(16)19/h4-7H,8-11H2,1-3H3. The van der Waals surface area contributed by atoms with Crippen LogP contribution in [0.2, 0.25) is 5.02 Å².